The van der Waals surface area contributed by atoms with E-state index in [-0.39, 0.29) is 23.4 Å². The molecule has 1 N–H and O–H groups in total. The Labute approximate surface area is 239 Å². The second kappa shape index (κ2) is 11.8. The van der Waals surface area contributed by atoms with Gasteiger partial charge in [0.05, 0.1) is 10.4 Å². The third-order valence-electron chi connectivity index (χ3n) is 7.36. The van der Waals surface area contributed by atoms with Gasteiger partial charge in [0.1, 0.15) is 23.6 Å². The lowest BCUT2D eigenvalue weighted by atomic mass is 9.95. The van der Waals surface area contributed by atoms with Crippen LogP contribution in [0, 0.1) is 6.92 Å². The molecule has 1 unspecified atom stereocenters. The fourth-order valence-electron chi connectivity index (χ4n) is 5.17. The van der Waals surface area contributed by atoms with Gasteiger partial charge >= 0.3 is 0 Å². The number of benzene rings is 2. The van der Waals surface area contributed by atoms with E-state index in [0.29, 0.717) is 28.2 Å². The number of carbonyl (C=O) groups is 2. The number of aromatic nitrogens is 3. The van der Waals surface area contributed by atoms with E-state index in [1.807, 2.05) is 18.2 Å². The number of para-hydroxylation sites is 1. The van der Waals surface area contributed by atoms with E-state index in [0.717, 1.165) is 36.4 Å². The smallest absolute Gasteiger partial charge is 0.251 e. The molecule has 1 aliphatic carbocycles. The highest BCUT2D eigenvalue weighted by Gasteiger charge is 2.37. The van der Waals surface area contributed by atoms with E-state index in [1.54, 1.807) is 25.1 Å². The third-order valence-corrected chi connectivity index (χ3v) is 9.19. The molecule has 1 aliphatic rings. The number of furan rings is 1. The van der Waals surface area contributed by atoms with Crippen molar-refractivity contribution in [1.82, 2.24) is 24.6 Å². The summed E-state index contributed by atoms with van der Waals surface area (Å²) in [7, 11) is -0.798. The maximum atomic E-state index is 14.2. The minimum Gasteiger partial charge on any atom is -0.464 e. The quantitative estimate of drug-likeness (QED) is 0.320. The van der Waals surface area contributed by atoms with Crippen molar-refractivity contribution in [1.29, 1.82) is 0 Å². The van der Waals surface area contributed by atoms with Crippen LogP contribution in [-0.4, -0.2) is 59.7 Å². The van der Waals surface area contributed by atoms with E-state index in [2.05, 4.69) is 15.6 Å². The van der Waals surface area contributed by atoms with Gasteiger partial charge in [0, 0.05) is 25.8 Å². The van der Waals surface area contributed by atoms with Crippen molar-refractivity contribution >= 4 is 38.6 Å². The van der Waals surface area contributed by atoms with Gasteiger partial charge in [0.25, 0.3) is 5.91 Å². The summed E-state index contributed by atoms with van der Waals surface area (Å²) in [6.45, 7) is 1.57. The summed E-state index contributed by atoms with van der Waals surface area (Å²) < 4.78 is 34.0. The first-order chi connectivity index (χ1) is 19.6. The number of hydrogen-bond acceptors (Lipinski definition) is 7. The number of sulfonamides is 1. The number of aryl methyl sites for hydroxylation is 1. The second-order valence-corrected chi connectivity index (χ2v) is 12.6. The van der Waals surface area contributed by atoms with Gasteiger partial charge in [-0.15, -0.1) is 5.10 Å². The van der Waals surface area contributed by atoms with Crippen molar-refractivity contribution < 1.29 is 22.4 Å². The van der Waals surface area contributed by atoms with Crippen LogP contribution in [0.15, 0.2) is 70.0 Å². The summed E-state index contributed by atoms with van der Waals surface area (Å²) in [5.41, 5.74) is 1.65. The zero-order valence-corrected chi connectivity index (χ0v) is 24.2. The fourth-order valence-corrected chi connectivity index (χ4v) is 6.07. The lowest BCUT2D eigenvalue weighted by Gasteiger charge is -2.32. The summed E-state index contributed by atoms with van der Waals surface area (Å²) in [4.78, 5) is 29.5. The Morgan fingerprint density at radius 3 is 2.39 bits per heavy atom. The molecule has 0 radical (unpaired) electrons. The van der Waals surface area contributed by atoms with Crippen LogP contribution in [0.25, 0.3) is 11.0 Å². The largest absolute Gasteiger partial charge is 0.464 e. The molecular weight excluding hydrogens is 544 g/mol. The average molecular weight is 579 g/mol. The molecule has 0 bridgehead atoms. The summed E-state index contributed by atoms with van der Waals surface area (Å²) in [5, 5.41) is 11.5. The number of amides is 2. The number of hydrogen-bond donors (Lipinski definition) is 1. The number of nitrogens with one attached hydrogen (secondary N) is 1. The Morgan fingerprint density at radius 2 is 1.73 bits per heavy atom. The van der Waals surface area contributed by atoms with E-state index in [4.69, 9.17) is 4.42 Å². The van der Waals surface area contributed by atoms with Gasteiger partial charge < -0.3 is 9.73 Å². The van der Waals surface area contributed by atoms with Crippen molar-refractivity contribution in [3.63, 3.8) is 0 Å². The maximum absolute atomic E-state index is 14.2. The lowest BCUT2D eigenvalue weighted by Crippen LogP contribution is -2.48. The molecule has 11 nitrogen and oxygen atoms in total. The molecule has 0 saturated heterocycles. The summed E-state index contributed by atoms with van der Waals surface area (Å²) in [5.74, 6) is 0.0879. The molecule has 12 heteroatoms. The molecular formula is C29H34N6O5S. The SMILES string of the molecule is Cc1ccc(C(C(=O)NC2CCCCC2)N(C(=O)Cn2nnc3ccccc32)c2ccc(S(=O)(=O)N(C)C)cc2)o1. The highest BCUT2D eigenvalue weighted by Crippen LogP contribution is 2.32. The summed E-state index contributed by atoms with van der Waals surface area (Å²) in [6.07, 6.45) is 4.92. The minimum atomic E-state index is -3.70. The van der Waals surface area contributed by atoms with Crippen molar-refractivity contribution in [3.05, 3.63) is 72.2 Å². The van der Waals surface area contributed by atoms with E-state index in [1.165, 1.54) is 47.9 Å². The zero-order chi connectivity index (χ0) is 29.1. The molecule has 41 heavy (non-hydrogen) atoms. The topological polar surface area (TPSA) is 131 Å². The van der Waals surface area contributed by atoms with Crippen molar-refractivity contribution in [2.75, 3.05) is 19.0 Å². The zero-order valence-electron chi connectivity index (χ0n) is 23.4. The number of fused-ring (bicyclic) bond motifs is 1. The molecule has 1 saturated carbocycles. The van der Waals surface area contributed by atoms with Crippen LogP contribution in [0.3, 0.4) is 0 Å². The fraction of sp³-hybridized carbons (Fsp3) is 0.379. The minimum absolute atomic E-state index is 0.00127. The first kappa shape index (κ1) is 28.5. The van der Waals surface area contributed by atoms with Crippen molar-refractivity contribution in [3.8, 4) is 0 Å². The monoisotopic (exact) mass is 578 g/mol. The molecule has 2 heterocycles. The second-order valence-electron chi connectivity index (χ2n) is 10.5. The van der Waals surface area contributed by atoms with Gasteiger partial charge in [0.2, 0.25) is 15.9 Å². The Bertz CT molecular complexity index is 1640. The van der Waals surface area contributed by atoms with Gasteiger partial charge in [0.15, 0.2) is 6.04 Å². The molecule has 2 amide bonds. The average Bonchev–Trinajstić information content (AvgIpc) is 3.58. The molecule has 1 atom stereocenters. The maximum Gasteiger partial charge on any atom is 0.251 e. The van der Waals surface area contributed by atoms with Crippen LogP contribution in [0.5, 0.6) is 0 Å². The molecule has 2 aromatic carbocycles. The highest BCUT2D eigenvalue weighted by molar-refractivity contribution is 7.89. The summed E-state index contributed by atoms with van der Waals surface area (Å²) in [6, 6.07) is 15.5. The number of nitrogens with zero attached hydrogens (tertiary/aromatic N) is 5. The van der Waals surface area contributed by atoms with Gasteiger partial charge in [-0.05, 0) is 68.3 Å². The Kier molecular flexibility index (Phi) is 8.22. The Morgan fingerprint density at radius 1 is 1.02 bits per heavy atom. The molecule has 0 spiro atoms. The standard InChI is InChI=1S/C29H34N6O5S/c1-20-13-18-26(40-20)28(29(37)30-21-9-5-4-6-10-21)35(22-14-16-23(17-15-22)41(38,39)33(2)3)27(36)19-34-25-12-8-7-11-24(25)31-32-34/h7-8,11-18,21,28H,4-6,9-10,19H2,1-3H3,(H,30,37). The number of rotatable bonds is 9. The molecule has 4 aromatic rings. The van der Waals surface area contributed by atoms with Crippen LogP contribution < -0.4 is 10.2 Å². The predicted molar refractivity (Wildman–Crippen MR) is 154 cm³/mol. The van der Waals surface area contributed by atoms with Gasteiger partial charge in [-0.1, -0.05) is 36.6 Å². The Hall–Kier alpha value is -4.03. The number of anilines is 1. The van der Waals surface area contributed by atoms with E-state index >= 15 is 0 Å². The van der Waals surface area contributed by atoms with E-state index < -0.39 is 22.0 Å². The van der Waals surface area contributed by atoms with Crippen LogP contribution >= 0.6 is 0 Å². The molecule has 1 fully saturated rings. The van der Waals surface area contributed by atoms with Gasteiger partial charge in [-0.2, -0.15) is 0 Å². The molecule has 5 rings (SSSR count). The van der Waals surface area contributed by atoms with Gasteiger partial charge in [-0.25, -0.2) is 17.4 Å². The van der Waals surface area contributed by atoms with Crippen molar-refractivity contribution in [2.45, 2.75) is 62.6 Å². The lowest BCUT2D eigenvalue weighted by molar-refractivity contribution is -0.128. The molecule has 0 aliphatic heterocycles. The van der Waals surface area contributed by atoms with Crippen LogP contribution in [0.2, 0.25) is 0 Å². The highest BCUT2D eigenvalue weighted by atomic mass is 32.2. The van der Waals surface area contributed by atoms with Gasteiger partial charge in [-0.3, -0.25) is 14.5 Å². The predicted octanol–water partition coefficient (Wildman–Crippen LogP) is 3.81. The first-order valence-electron chi connectivity index (χ1n) is 13.6. The third kappa shape index (κ3) is 6.03. The van der Waals surface area contributed by atoms with E-state index in [9.17, 15) is 18.0 Å². The molecule has 2 aromatic heterocycles. The first-order valence-corrected chi connectivity index (χ1v) is 15.1. The molecule has 216 valence electrons. The Balaban J connectivity index is 1.57. The van der Waals surface area contributed by atoms with Crippen LogP contribution in [0.4, 0.5) is 5.69 Å². The van der Waals surface area contributed by atoms with Crippen LogP contribution in [-0.2, 0) is 26.2 Å². The number of carbonyl (C=O) groups excluding carboxylic acids is 2. The van der Waals surface area contributed by atoms with Crippen LogP contribution in [0.1, 0.15) is 49.7 Å². The normalized spacial score (nSPS) is 15.2. The summed E-state index contributed by atoms with van der Waals surface area (Å²) >= 11 is 0. The van der Waals surface area contributed by atoms with Crippen molar-refractivity contribution in [2.24, 2.45) is 0 Å².